The minimum Gasteiger partial charge on any atom is -0.481 e. The fourth-order valence-corrected chi connectivity index (χ4v) is 3.58. The van der Waals surface area contributed by atoms with Crippen molar-refractivity contribution in [3.63, 3.8) is 0 Å². The van der Waals surface area contributed by atoms with Crippen LogP contribution in [0.2, 0.25) is 0 Å². The molecule has 1 amide bonds. The number of thiazole rings is 1. The van der Waals surface area contributed by atoms with Crippen LogP contribution in [0.4, 0.5) is 0 Å². The summed E-state index contributed by atoms with van der Waals surface area (Å²) in [6.07, 6.45) is 4.14. The van der Waals surface area contributed by atoms with Crippen molar-refractivity contribution in [1.82, 2.24) is 9.88 Å². The lowest BCUT2D eigenvalue weighted by Crippen LogP contribution is -2.45. The average molecular weight is 296 g/mol. The molecule has 1 fully saturated rings. The van der Waals surface area contributed by atoms with Gasteiger partial charge in [-0.3, -0.25) is 9.59 Å². The van der Waals surface area contributed by atoms with Gasteiger partial charge in [0.2, 0.25) is 0 Å². The van der Waals surface area contributed by atoms with Gasteiger partial charge >= 0.3 is 5.97 Å². The average Bonchev–Trinajstić information content (AvgIpc) is 2.86. The molecule has 1 aromatic rings. The number of aromatic nitrogens is 1. The van der Waals surface area contributed by atoms with Crippen LogP contribution in [-0.2, 0) is 11.2 Å². The van der Waals surface area contributed by atoms with E-state index in [1.807, 2.05) is 6.92 Å². The number of nitrogens with zero attached hydrogens (tertiary/aromatic N) is 2. The molecule has 0 spiro atoms. The van der Waals surface area contributed by atoms with Gasteiger partial charge in [-0.25, -0.2) is 4.98 Å². The van der Waals surface area contributed by atoms with Gasteiger partial charge in [0.15, 0.2) is 0 Å². The number of carbonyl (C=O) groups is 2. The third kappa shape index (κ3) is 3.36. The Hall–Kier alpha value is -1.43. The van der Waals surface area contributed by atoms with Crippen molar-refractivity contribution in [2.75, 3.05) is 13.1 Å². The molecule has 110 valence electrons. The topological polar surface area (TPSA) is 70.5 Å². The van der Waals surface area contributed by atoms with E-state index in [4.69, 9.17) is 5.11 Å². The monoisotopic (exact) mass is 296 g/mol. The van der Waals surface area contributed by atoms with Crippen LogP contribution in [0.1, 0.15) is 41.4 Å². The van der Waals surface area contributed by atoms with E-state index in [1.165, 1.54) is 11.3 Å². The van der Waals surface area contributed by atoms with Crippen molar-refractivity contribution in [2.45, 2.75) is 33.1 Å². The summed E-state index contributed by atoms with van der Waals surface area (Å²) in [6.45, 7) is 5.00. The largest absolute Gasteiger partial charge is 0.481 e. The van der Waals surface area contributed by atoms with Crippen LogP contribution in [0.15, 0.2) is 6.20 Å². The summed E-state index contributed by atoms with van der Waals surface area (Å²) >= 11 is 1.42. The lowest BCUT2D eigenvalue weighted by molar-refractivity contribution is -0.143. The lowest BCUT2D eigenvalue weighted by atomic mass is 9.90. The first kappa shape index (κ1) is 15.0. The zero-order chi connectivity index (χ0) is 14.7. The maximum Gasteiger partial charge on any atom is 0.308 e. The van der Waals surface area contributed by atoms with E-state index >= 15 is 0 Å². The molecule has 5 nitrogen and oxygen atoms in total. The predicted molar refractivity (Wildman–Crippen MR) is 76.9 cm³/mol. The molecule has 0 saturated carbocycles. The number of aryl methyl sites for hydroxylation is 1. The molecule has 1 saturated heterocycles. The standard InChI is InChI=1S/C14H20N2O3S/c1-3-4-12-15-6-11(20-12)13(17)16-7-9(2)5-10(8-16)14(18)19/h6,9-10H,3-5,7-8H2,1-2H3,(H,18,19). The van der Waals surface area contributed by atoms with E-state index in [-0.39, 0.29) is 11.8 Å². The number of rotatable bonds is 4. The maximum atomic E-state index is 12.4. The Bertz CT molecular complexity index is 500. The molecule has 2 atom stereocenters. The number of piperidine rings is 1. The molecule has 0 aliphatic carbocycles. The second-order valence-electron chi connectivity index (χ2n) is 5.45. The minimum atomic E-state index is -0.815. The van der Waals surface area contributed by atoms with Gasteiger partial charge < -0.3 is 10.0 Å². The van der Waals surface area contributed by atoms with Crippen LogP contribution in [0.5, 0.6) is 0 Å². The van der Waals surface area contributed by atoms with Gasteiger partial charge in [-0.1, -0.05) is 13.8 Å². The highest BCUT2D eigenvalue weighted by Gasteiger charge is 2.32. The van der Waals surface area contributed by atoms with Crippen LogP contribution >= 0.6 is 11.3 Å². The maximum absolute atomic E-state index is 12.4. The number of hydrogen-bond acceptors (Lipinski definition) is 4. The Morgan fingerprint density at radius 2 is 2.25 bits per heavy atom. The first-order valence-electron chi connectivity index (χ1n) is 6.98. The summed E-state index contributed by atoms with van der Waals surface area (Å²) in [4.78, 5) is 30.1. The van der Waals surface area contributed by atoms with Gasteiger partial charge in [0, 0.05) is 13.1 Å². The number of hydrogen-bond donors (Lipinski definition) is 1. The summed E-state index contributed by atoms with van der Waals surface area (Å²) in [7, 11) is 0. The Kier molecular flexibility index (Phi) is 4.75. The number of carbonyl (C=O) groups excluding carboxylic acids is 1. The van der Waals surface area contributed by atoms with Crippen LogP contribution in [0.3, 0.4) is 0 Å². The Labute approximate surface area is 122 Å². The van der Waals surface area contributed by atoms with Gasteiger partial charge in [0.1, 0.15) is 4.88 Å². The van der Waals surface area contributed by atoms with Gasteiger partial charge in [-0.05, 0) is 25.2 Å². The molecule has 1 aliphatic heterocycles. The van der Waals surface area contributed by atoms with E-state index < -0.39 is 11.9 Å². The van der Waals surface area contributed by atoms with E-state index in [1.54, 1.807) is 11.1 Å². The normalized spacial score (nSPS) is 22.8. The molecule has 6 heteroatoms. The molecule has 20 heavy (non-hydrogen) atoms. The van der Waals surface area contributed by atoms with E-state index in [9.17, 15) is 9.59 Å². The second-order valence-corrected chi connectivity index (χ2v) is 6.57. The van der Waals surface area contributed by atoms with Crippen LogP contribution in [0, 0.1) is 11.8 Å². The van der Waals surface area contributed by atoms with Crippen molar-refractivity contribution < 1.29 is 14.7 Å². The van der Waals surface area contributed by atoms with Gasteiger partial charge in [-0.2, -0.15) is 0 Å². The SMILES string of the molecule is CCCc1ncc(C(=O)N2CC(C)CC(C(=O)O)C2)s1. The molecule has 2 heterocycles. The second kappa shape index (κ2) is 6.35. The number of aliphatic carboxylic acids is 1. The Morgan fingerprint density at radius 3 is 2.90 bits per heavy atom. The zero-order valence-electron chi connectivity index (χ0n) is 11.8. The van der Waals surface area contributed by atoms with Crippen molar-refractivity contribution in [3.05, 3.63) is 16.1 Å². The van der Waals surface area contributed by atoms with Crippen LogP contribution in [-0.4, -0.2) is 40.0 Å². The minimum absolute atomic E-state index is 0.0809. The fraction of sp³-hybridized carbons (Fsp3) is 0.643. The summed E-state index contributed by atoms with van der Waals surface area (Å²) < 4.78 is 0. The molecule has 0 bridgehead atoms. The first-order chi connectivity index (χ1) is 9.51. The smallest absolute Gasteiger partial charge is 0.308 e. The van der Waals surface area contributed by atoms with Crippen molar-refractivity contribution in [1.29, 1.82) is 0 Å². The number of amides is 1. The van der Waals surface area contributed by atoms with Crippen molar-refractivity contribution in [3.8, 4) is 0 Å². The molecule has 1 N–H and O–H groups in total. The summed E-state index contributed by atoms with van der Waals surface area (Å²) in [6, 6.07) is 0. The van der Waals surface area contributed by atoms with E-state index in [0.717, 1.165) is 17.8 Å². The molecule has 2 rings (SSSR count). The van der Waals surface area contributed by atoms with Gasteiger partial charge in [0.25, 0.3) is 5.91 Å². The highest BCUT2D eigenvalue weighted by atomic mass is 32.1. The third-order valence-electron chi connectivity index (χ3n) is 3.52. The molecule has 1 aliphatic rings. The molecule has 0 aromatic carbocycles. The number of likely N-dealkylation sites (tertiary alicyclic amines) is 1. The summed E-state index contributed by atoms with van der Waals surface area (Å²) in [5.41, 5.74) is 0. The number of carboxylic acids is 1. The summed E-state index contributed by atoms with van der Waals surface area (Å²) in [5.74, 6) is -1.13. The molecular formula is C14H20N2O3S. The Morgan fingerprint density at radius 1 is 1.50 bits per heavy atom. The zero-order valence-corrected chi connectivity index (χ0v) is 12.7. The molecule has 2 unspecified atom stereocenters. The third-order valence-corrected chi connectivity index (χ3v) is 4.57. The van der Waals surface area contributed by atoms with Crippen molar-refractivity contribution in [2.24, 2.45) is 11.8 Å². The van der Waals surface area contributed by atoms with Crippen LogP contribution in [0.25, 0.3) is 0 Å². The molecule has 0 radical (unpaired) electrons. The fourth-order valence-electron chi connectivity index (χ4n) is 2.59. The van der Waals surface area contributed by atoms with Gasteiger partial charge in [0.05, 0.1) is 17.1 Å². The quantitative estimate of drug-likeness (QED) is 0.925. The Balaban J connectivity index is 2.08. The van der Waals surface area contributed by atoms with E-state index in [0.29, 0.717) is 24.4 Å². The van der Waals surface area contributed by atoms with Crippen molar-refractivity contribution >= 4 is 23.2 Å². The lowest BCUT2D eigenvalue weighted by Gasteiger charge is -2.34. The van der Waals surface area contributed by atoms with Gasteiger partial charge in [-0.15, -0.1) is 11.3 Å². The summed E-state index contributed by atoms with van der Waals surface area (Å²) in [5, 5.41) is 10.1. The highest BCUT2D eigenvalue weighted by Crippen LogP contribution is 2.25. The highest BCUT2D eigenvalue weighted by molar-refractivity contribution is 7.13. The van der Waals surface area contributed by atoms with Crippen LogP contribution < -0.4 is 0 Å². The molecule has 1 aromatic heterocycles. The first-order valence-corrected chi connectivity index (χ1v) is 7.79. The molecular weight excluding hydrogens is 276 g/mol. The number of carboxylic acid groups (broad SMARTS) is 1. The predicted octanol–water partition coefficient (Wildman–Crippen LogP) is 2.28. The van der Waals surface area contributed by atoms with E-state index in [2.05, 4.69) is 11.9 Å².